The third kappa shape index (κ3) is 4.97. The van der Waals surface area contributed by atoms with Gasteiger partial charge in [-0.15, -0.1) is 0 Å². The van der Waals surface area contributed by atoms with Gasteiger partial charge in [0.2, 0.25) is 5.82 Å². The molecule has 2 atom stereocenters. The Labute approximate surface area is 164 Å². The van der Waals surface area contributed by atoms with Crippen LogP contribution in [-0.4, -0.2) is 19.5 Å². The Morgan fingerprint density at radius 2 is 1.86 bits per heavy atom. The summed E-state index contributed by atoms with van der Waals surface area (Å²) in [7, 11) is 0. The lowest BCUT2D eigenvalue weighted by atomic mass is 9.92. The van der Waals surface area contributed by atoms with E-state index < -0.39 is 11.6 Å². The monoisotopic (exact) mass is 388 g/mol. The number of halogens is 2. The van der Waals surface area contributed by atoms with Gasteiger partial charge in [0.1, 0.15) is 0 Å². The van der Waals surface area contributed by atoms with Gasteiger partial charge in [0.05, 0.1) is 19.8 Å². The van der Waals surface area contributed by atoms with E-state index in [0.717, 1.165) is 11.1 Å². The van der Waals surface area contributed by atoms with Gasteiger partial charge in [-0.1, -0.05) is 42.5 Å². The summed E-state index contributed by atoms with van der Waals surface area (Å²) in [6.45, 7) is 4.77. The fraction of sp³-hybridized carbons (Fsp3) is 0.391. The topological polar surface area (TPSA) is 27.7 Å². The van der Waals surface area contributed by atoms with Gasteiger partial charge in [-0.05, 0) is 49.4 Å². The van der Waals surface area contributed by atoms with Crippen LogP contribution in [0.15, 0.2) is 42.5 Å². The second-order valence-electron chi connectivity index (χ2n) is 6.80. The number of ether oxygens (including phenoxy) is 3. The van der Waals surface area contributed by atoms with Crippen LogP contribution in [0.3, 0.4) is 0 Å². The van der Waals surface area contributed by atoms with Crippen LogP contribution < -0.4 is 4.74 Å². The van der Waals surface area contributed by atoms with E-state index in [0.29, 0.717) is 38.2 Å². The lowest BCUT2D eigenvalue weighted by Gasteiger charge is -2.29. The number of hydrogen-bond acceptors (Lipinski definition) is 3. The zero-order chi connectivity index (χ0) is 19.9. The molecule has 2 aromatic rings. The molecule has 5 heteroatoms. The zero-order valence-electron chi connectivity index (χ0n) is 16.3. The normalized spacial score (nSPS) is 19.9. The third-order valence-corrected chi connectivity index (χ3v) is 4.83. The molecule has 2 unspecified atom stereocenters. The van der Waals surface area contributed by atoms with Crippen molar-refractivity contribution in [3.8, 4) is 5.75 Å². The molecular formula is C23H26F2O3. The predicted molar refractivity (Wildman–Crippen MR) is 105 cm³/mol. The molecule has 0 bridgehead atoms. The molecule has 0 radical (unpaired) electrons. The van der Waals surface area contributed by atoms with Crippen LogP contribution in [-0.2, 0) is 16.1 Å². The molecule has 1 fully saturated rings. The minimum Gasteiger partial charge on any atom is -0.491 e. The van der Waals surface area contributed by atoms with Crippen LogP contribution in [0.1, 0.15) is 49.3 Å². The van der Waals surface area contributed by atoms with Crippen molar-refractivity contribution in [1.82, 2.24) is 0 Å². The maximum absolute atomic E-state index is 14.4. The largest absolute Gasteiger partial charge is 0.491 e. The minimum absolute atomic E-state index is 0.0536. The molecule has 1 heterocycles. The van der Waals surface area contributed by atoms with Crippen molar-refractivity contribution in [2.24, 2.45) is 0 Å². The average Bonchev–Trinajstić information content (AvgIpc) is 2.72. The Bertz CT molecular complexity index is 794. The van der Waals surface area contributed by atoms with Crippen LogP contribution >= 0.6 is 0 Å². The van der Waals surface area contributed by atoms with E-state index >= 15 is 0 Å². The van der Waals surface area contributed by atoms with Crippen LogP contribution in [0, 0.1) is 11.6 Å². The highest BCUT2D eigenvalue weighted by Crippen LogP contribution is 2.33. The molecule has 0 N–H and O–H groups in total. The molecule has 150 valence electrons. The number of hydrogen-bond donors (Lipinski definition) is 0. The highest BCUT2D eigenvalue weighted by Gasteiger charge is 2.27. The van der Waals surface area contributed by atoms with Crippen molar-refractivity contribution < 1.29 is 23.0 Å². The van der Waals surface area contributed by atoms with Crippen molar-refractivity contribution in [1.29, 1.82) is 0 Å². The highest BCUT2D eigenvalue weighted by molar-refractivity contribution is 5.49. The van der Waals surface area contributed by atoms with Gasteiger partial charge in [0.15, 0.2) is 17.9 Å². The minimum atomic E-state index is -0.931. The maximum Gasteiger partial charge on any atom is 0.200 e. The first-order chi connectivity index (χ1) is 13.6. The van der Waals surface area contributed by atoms with E-state index in [1.807, 2.05) is 43.3 Å². The summed E-state index contributed by atoms with van der Waals surface area (Å²) >= 11 is 0. The fourth-order valence-electron chi connectivity index (χ4n) is 3.34. The Morgan fingerprint density at radius 3 is 2.50 bits per heavy atom. The first-order valence-corrected chi connectivity index (χ1v) is 9.68. The molecular weight excluding hydrogens is 362 g/mol. The predicted octanol–water partition coefficient (Wildman–Crippen LogP) is 5.83. The molecule has 3 rings (SSSR count). The molecule has 3 nitrogen and oxygen atoms in total. The third-order valence-electron chi connectivity index (χ3n) is 4.83. The lowest BCUT2D eigenvalue weighted by molar-refractivity contribution is -0.173. The van der Waals surface area contributed by atoms with Crippen LogP contribution in [0.2, 0.25) is 0 Å². The van der Waals surface area contributed by atoms with Crippen molar-refractivity contribution >= 4 is 6.08 Å². The van der Waals surface area contributed by atoms with Crippen LogP contribution in [0.4, 0.5) is 8.78 Å². The Morgan fingerprint density at radius 1 is 1.07 bits per heavy atom. The molecule has 1 saturated heterocycles. The molecule has 2 aromatic carbocycles. The summed E-state index contributed by atoms with van der Waals surface area (Å²) in [6, 6.07) is 11.2. The van der Waals surface area contributed by atoms with Crippen molar-refractivity contribution in [3.05, 3.63) is 70.8 Å². The second kappa shape index (κ2) is 9.80. The maximum atomic E-state index is 14.4. The fourth-order valence-corrected chi connectivity index (χ4v) is 3.34. The molecule has 1 aliphatic rings. The zero-order valence-corrected chi connectivity index (χ0v) is 16.3. The Hall–Kier alpha value is -2.24. The summed E-state index contributed by atoms with van der Waals surface area (Å²) in [6.07, 6.45) is 5.02. The smallest absolute Gasteiger partial charge is 0.200 e. The van der Waals surface area contributed by atoms with E-state index in [1.165, 1.54) is 6.07 Å². The van der Waals surface area contributed by atoms with E-state index in [-0.39, 0.29) is 18.0 Å². The van der Waals surface area contributed by atoms with E-state index in [4.69, 9.17) is 14.2 Å². The van der Waals surface area contributed by atoms with E-state index in [2.05, 4.69) is 0 Å². The van der Waals surface area contributed by atoms with Crippen molar-refractivity contribution in [3.63, 3.8) is 0 Å². The van der Waals surface area contributed by atoms with E-state index in [9.17, 15) is 8.78 Å². The van der Waals surface area contributed by atoms with Gasteiger partial charge in [0.25, 0.3) is 0 Å². The van der Waals surface area contributed by atoms with Crippen LogP contribution in [0.25, 0.3) is 6.08 Å². The summed E-state index contributed by atoms with van der Waals surface area (Å²) < 4.78 is 45.2. The highest BCUT2D eigenvalue weighted by atomic mass is 19.2. The molecule has 0 amide bonds. The molecule has 0 spiro atoms. The quantitative estimate of drug-likeness (QED) is 0.597. The molecule has 0 aliphatic carbocycles. The van der Waals surface area contributed by atoms with Gasteiger partial charge in [-0.25, -0.2) is 4.39 Å². The van der Waals surface area contributed by atoms with Crippen LogP contribution in [0.5, 0.6) is 5.75 Å². The standard InChI is InChI=1S/C23H26F2O3/c1-3-5-16-6-8-17(9-7-16)14-27-21-13-10-18(15-28-21)19-11-12-20(26-4-2)23(25)22(19)24/h3,5-9,11-12,18,21H,4,10,13-15H2,1-2H3/b5-3+. The van der Waals surface area contributed by atoms with Crippen molar-refractivity contribution in [2.45, 2.75) is 45.5 Å². The molecule has 0 aromatic heterocycles. The van der Waals surface area contributed by atoms with Gasteiger partial charge in [-0.2, -0.15) is 4.39 Å². The summed E-state index contributed by atoms with van der Waals surface area (Å²) in [4.78, 5) is 0. The number of rotatable bonds is 7. The molecule has 28 heavy (non-hydrogen) atoms. The number of benzene rings is 2. The summed E-state index contributed by atoms with van der Waals surface area (Å²) in [5.41, 5.74) is 2.55. The Kier molecular flexibility index (Phi) is 7.18. The SMILES string of the molecule is C/C=C/c1ccc(COC2CCC(c3ccc(OCC)c(F)c3F)CO2)cc1. The average molecular weight is 388 g/mol. The first kappa shape index (κ1) is 20.5. The van der Waals surface area contributed by atoms with Gasteiger partial charge in [-0.3, -0.25) is 0 Å². The molecule has 1 aliphatic heterocycles. The molecule has 0 saturated carbocycles. The number of allylic oxidation sites excluding steroid dienone is 1. The second-order valence-corrected chi connectivity index (χ2v) is 6.80. The first-order valence-electron chi connectivity index (χ1n) is 9.68. The van der Waals surface area contributed by atoms with E-state index in [1.54, 1.807) is 13.0 Å². The Balaban J connectivity index is 1.52. The van der Waals surface area contributed by atoms with Gasteiger partial charge < -0.3 is 14.2 Å². The lowest BCUT2D eigenvalue weighted by Crippen LogP contribution is -2.27. The summed E-state index contributed by atoms with van der Waals surface area (Å²) in [5.74, 6) is -2.02. The van der Waals surface area contributed by atoms with Crippen molar-refractivity contribution in [2.75, 3.05) is 13.2 Å². The van der Waals surface area contributed by atoms with Gasteiger partial charge >= 0.3 is 0 Å². The summed E-state index contributed by atoms with van der Waals surface area (Å²) in [5, 5.41) is 0. The van der Waals surface area contributed by atoms with Gasteiger partial charge in [0, 0.05) is 5.92 Å².